The Morgan fingerprint density at radius 1 is 1.17 bits per heavy atom. The molecule has 0 unspecified atom stereocenters. The van der Waals surface area contributed by atoms with Gasteiger partial charge < -0.3 is 24.3 Å². The van der Waals surface area contributed by atoms with Gasteiger partial charge in [0.1, 0.15) is 11.6 Å². The standard InChI is InChI=1S/C16H25N3O4/c1-21-9-10-23-8-6-19(5-7-20)12-16-17-14-4-3-13(22-2)11-15(14)18-16/h3-4,11,20H,5-10,12H2,1-2H3,(H,17,18). The van der Waals surface area contributed by atoms with Crippen molar-refractivity contribution in [2.24, 2.45) is 0 Å². The molecule has 0 saturated heterocycles. The molecular formula is C16H25N3O4. The minimum atomic E-state index is 0.103. The van der Waals surface area contributed by atoms with Crippen LogP contribution in [0.5, 0.6) is 5.75 Å². The van der Waals surface area contributed by atoms with Crippen molar-refractivity contribution in [3.05, 3.63) is 24.0 Å². The zero-order valence-electron chi connectivity index (χ0n) is 13.7. The number of ether oxygens (including phenoxy) is 3. The minimum Gasteiger partial charge on any atom is -0.497 e. The van der Waals surface area contributed by atoms with Gasteiger partial charge in [-0.3, -0.25) is 4.90 Å². The van der Waals surface area contributed by atoms with Gasteiger partial charge in [0.05, 0.1) is 51.1 Å². The highest BCUT2D eigenvalue weighted by Crippen LogP contribution is 2.19. The summed E-state index contributed by atoms with van der Waals surface area (Å²) < 4.78 is 15.6. The summed E-state index contributed by atoms with van der Waals surface area (Å²) in [7, 11) is 3.29. The van der Waals surface area contributed by atoms with Gasteiger partial charge in [-0.2, -0.15) is 0 Å². The van der Waals surface area contributed by atoms with Gasteiger partial charge in [0, 0.05) is 26.3 Å². The number of aromatic amines is 1. The number of hydrogen-bond donors (Lipinski definition) is 2. The van der Waals surface area contributed by atoms with Gasteiger partial charge in [-0.1, -0.05) is 0 Å². The summed E-state index contributed by atoms with van der Waals surface area (Å²) in [6.07, 6.45) is 0. The second-order valence-electron chi connectivity index (χ2n) is 5.17. The highest BCUT2D eigenvalue weighted by atomic mass is 16.5. The zero-order chi connectivity index (χ0) is 16.5. The molecule has 2 N–H and O–H groups in total. The summed E-state index contributed by atoms with van der Waals surface area (Å²) in [5.41, 5.74) is 1.85. The second-order valence-corrected chi connectivity index (χ2v) is 5.17. The zero-order valence-corrected chi connectivity index (χ0v) is 13.7. The number of aromatic nitrogens is 2. The van der Waals surface area contributed by atoms with Gasteiger partial charge in [0.25, 0.3) is 0 Å². The quantitative estimate of drug-likeness (QED) is 0.601. The third-order valence-corrected chi connectivity index (χ3v) is 3.51. The Hall–Kier alpha value is -1.67. The molecule has 0 saturated carbocycles. The van der Waals surface area contributed by atoms with Crippen molar-refractivity contribution in [1.82, 2.24) is 14.9 Å². The van der Waals surface area contributed by atoms with Crippen molar-refractivity contribution < 1.29 is 19.3 Å². The summed E-state index contributed by atoms with van der Waals surface area (Å²) in [4.78, 5) is 9.97. The summed E-state index contributed by atoms with van der Waals surface area (Å²) in [6.45, 7) is 3.80. The molecule has 0 aliphatic rings. The molecule has 1 heterocycles. The van der Waals surface area contributed by atoms with E-state index in [0.29, 0.717) is 32.9 Å². The van der Waals surface area contributed by atoms with E-state index in [9.17, 15) is 5.11 Å². The lowest BCUT2D eigenvalue weighted by atomic mass is 10.3. The first-order valence-electron chi connectivity index (χ1n) is 7.69. The van der Waals surface area contributed by atoms with E-state index in [-0.39, 0.29) is 6.61 Å². The number of imidazole rings is 1. The van der Waals surface area contributed by atoms with Crippen LogP contribution in [0.4, 0.5) is 0 Å². The van der Waals surface area contributed by atoms with E-state index >= 15 is 0 Å². The first kappa shape index (κ1) is 17.7. The van der Waals surface area contributed by atoms with E-state index in [1.807, 2.05) is 18.2 Å². The maximum atomic E-state index is 9.21. The second kappa shape index (κ2) is 9.46. The Morgan fingerprint density at radius 2 is 2.04 bits per heavy atom. The molecule has 0 aliphatic carbocycles. The van der Waals surface area contributed by atoms with Crippen LogP contribution in [0.2, 0.25) is 0 Å². The fraction of sp³-hybridized carbons (Fsp3) is 0.562. The molecule has 1 aromatic heterocycles. The van der Waals surface area contributed by atoms with Crippen LogP contribution >= 0.6 is 0 Å². The van der Waals surface area contributed by atoms with Crippen LogP contribution in [-0.2, 0) is 16.0 Å². The van der Waals surface area contributed by atoms with Crippen LogP contribution in [-0.4, -0.2) is 73.7 Å². The first-order chi connectivity index (χ1) is 11.3. The van der Waals surface area contributed by atoms with Gasteiger partial charge in [0.15, 0.2) is 0 Å². The molecule has 0 bridgehead atoms. The predicted molar refractivity (Wildman–Crippen MR) is 87.7 cm³/mol. The van der Waals surface area contributed by atoms with E-state index in [2.05, 4.69) is 14.9 Å². The van der Waals surface area contributed by atoms with Crippen molar-refractivity contribution in [3.8, 4) is 5.75 Å². The van der Waals surface area contributed by atoms with Gasteiger partial charge in [-0.15, -0.1) is 0 Å². The molecule has 0 atom stereocenters. The molecule has 23 heavy (non-hydrogen) atoms. The normalized spacial score (nSPS) is 11.5. The average Bonchev–Trinajstić information content (AvgIpc) is 2.95. The van der Waals surface area contributed by atoms with Gasteiger partial charge in [-0.05, 0) is 12.1 Å². The highest BCUT2D eigenvalue weighted by Gasteiger charge is 2.10. The van der Waals surface area contributed by atoms with Crippen molar-refractivity contribution in [2.45, 2.75) is 6.54 Å². The first-order valence-corrected chi connectivity index (χ1v) is 7.69. The topological polar surface area (TPSA) is 79.8 Å². The molecule has 128 valence electrons. The number of aliphatic hydroxyl groups excluding tert-OH is 1. The smallest absolute Gasteiger partial charge is 0.121 e. The van der Waals surface area contributed by atoms with E-state index in [0.717, 1.165) is 29.2 Å². The summed E-state index contributed by atoms with van der Waals surface area (Å²) in [5, 5.41) is 9.21. The number of methoxy groups -OCH3 is 2. The van der Waals surface area contributed by atoms with Crippen molar-refractivity contribution in [2.75, 3.05) is 53.7 Å². The van der Waals surface area contributed by atoms with Crippen LogP contribution in [0, 0.1) is 0 Å². The number of H-pyrrole nitrogens is 1. The minimum absolute atomic E-state index is 0.103. The maximum Gasteiger partial charge on any atom is 0.121 e. The number of hydrogen-bond acceptors (Lipinski definition) is 6. The summed E-state index contributed by atoms with van der Waals surface area (Å²) >= 11 is 0. The highest BCUT2D eigenvalue weighted by molar-refractivity contribution is 5.76. The summed E-state index contributed by atoms with van der Waals surface area (Å²) in [5.74, 6) is 1.66. The van der Waals surface area contributed by atoms with Crippen LogP contribution < -0.4 is 4.74 Å². The Balaban J connectivity index is 1.93. The third-order valence-electron chi connectivity index (χ3n) is 3.51. The lowest BCUT2D eigenvalue weighted by Crippen LogP contribution is -2.30. The van der Waals surface area contributed by atoms with Crippen molar-refractivity contribution in [1.29, 1.82) is 0 Å². The van der Waals surface area contributed by atoms with E-state index in [1.165, 1.54) is 0 Å². The average molecular weight is 323 g/mol. The molecule has 2 aromatic rings. The largest absolute Gasteiger partial charge is 0.497 e. The molecule has 7 nitrogen and oxygen atoms in total. The number of nitrogens with one attached hydrogen (secondary N) is 1. The molecule has 0 spiro atoms. The van der Waals surface area contributed by atoms with Crippen molar-refractivity contribution in [3.63, 3.8) is 0 Å². The Labute approximate surface area is 136 Å². The van der Waals surface area contributed by atoms with Crippen LogP contribution in [0.25, 0.3) is 11.0 Å². The Bertz CT molecular complexity index is 588. The molecule has 0 fully saturated rings. The Morgan fingerprint density at radius 3 is 2.78 bits per heavy atom. The number of rotatable bonds is 11. The fourth-order valence-electron chi connectivity index (χ4n) is 2.30. The Kier molecular flexibility index (Phi) is 7.28. The number of benzene rings is 1. The lowest BCUT2D eigenvalue weighted by Gasteiger charge is -2.19. The van der Waals surface area contributed by atoms with Crippen molar-refractivity contribution >= 4 is 11.0 Å². The SMILES string of the molecule is COCCOCCN(CCO)Cc1nc2ccc(OC)cc2[nH]1. The molecule has 2 rings (SSSR count). The molecule has 7 heteroatoms. The van der Waals surface area contributed by atoms with Gasteiger partial charge in [0.2, 0.25) is 0 Å². The van der Waals surface area contributed by atoms with E-state index in [1.54, 1.807) is 14.2 Å². The number of nitrogens with zero attached hydrogens (tertiary/aromatic N) is 2. The fourth-order valence-corrected chi connectivity index (χ4v) is 2.30. The van der Waals surface area contributed by atoms with Gasteiger partial charge >= 0.3 is 0 Å². The third kappa shape index (κ3) is 5.47. The number of aliphatic hydroxyl groups is 1. The molecular weight excluding hydrogens is 298 g/mol. The van der Waals surface area contributed by atoms with Crippen LogP contribution in [0.1, 0.15) is 5.82 Å². The van der Waals surface area contributed by atoms with Crippen LogP contribution in [0.15, 0.2) is 18.2 Å². The molecule has 0 amide bonds. The predicted octanol–water partition coefficient (Wildman–Crippen LogP) is 1.03. The molecule has 0 aliphatic heterocycles. The summed E-state index contributed by atoms with van der Waals surface area (Å²) in [6, 6.07) is 5.75. The lowest BCUT2D eigenvalue weighted by molar-refractivity contribution is 0.0526. The van der Waals surface area contributed by atoms with Gasteiger partial charge in [-0.25, -0.2) is 4.98 Å². The number of fused-ring (bicyclic) bond motifs is 1. The van der Waals surface area contributed by atoms with Crippen LogP contribution in [0.3, 0.4) is 0 Å². The maximum absolute atomic E-state index is 9.21. The van der Waals surface area contributed by atoms with E-state index in [4.69, 9.17) is 14.2 Å². The van der Waals surface area contributed by atoms with E-state index < -0.39 is 0 Å². The monoisotopic (exact) mass is 323 g/mol. The molecule has 0 radical (unpaired) electrons. The molecule has 1 aromatic carbocycles.